The predicted octanol–water partition coefficient (Wildman–Crippen LogP) is 2.70. The third-order valence-electron chi connectivity index (χ3n) is 4.50. The lowest BCUT2D eigenvalue weighted by atomic mass is 9.97. The summed E-state index contributed by atoms with van der Waals surface area (Å²) in [4.78, 5) is 0. The summed E-state index contributed by atoms with van der Waals surface area (Å²) in [6.07, 6.45) is 6.57. The standard InChI is InChI=1S/C16H24N2O/c1-19-16-9-3-8-15(16)18-11-12-5-2-7-14-13(12)6-4-10-17-14/h2,5,7,15-18H,3-4,6,8-11H2,1H3. The molecule has 3 heteroatoms. The zero-order chi connectivity index (χ0) is 13.1. The molecule has 2 N–H and O–H groups in total. The van der Waals surface area contributed by atoms with E-state index in [0.717, 1.165) is 13.1 Å². The van der Waals surface area contributed by atoms with Crippen LogP contribution in [0, 0.1) is 0 Å². The smallest absolute Gasteiger partial charge is 0.0724 e. The summed E-state index contributed by atoms with van der Waals surface area (Å²) < 4.78 is 5.55. The first kappa shape index (κ1) is 12.9. The summed E-state index contributed by atoms with van der Waals surface area (Å²) in [6.45, 7) is 2.08. The molecule has 0 spiro atoms. The minimum atomic E-state index is 0.401. The zero-order valence-corrected chi connectivity index (χ0v) is 11.7. The Balaban J connectivity index is 1.67. The number of rotatable bonds is 4. The van der Waals surface area contributed by atoms with E-state index in [2.05, 4.69) is 28.8 Å². The van der Waals surface area contributed by atoms with Gasteiger partial charge in [0.05, 0.1) is 6.10 Å². The number of fused-ring (bicyclic) bond motifs is 1. The van der Waals surface area contributed by atoms with Crippen molar-refractivity contribution in [3.05, 3.63) is 29.3 Å². The summed E-state index contributed by atoms with van der Waals surface area (Å²) in [6, 6.07) is 7.15. The summed E-state index contributed by atoms with van der Waals surface area (Å²) in [5.74, 6) is 0. The quantitative estimate of drug-likeness (QED) is 0.873. The summed E-state index contributed by atoms with van der Waals surface area (Å²) in [5, 5.41) is 7.19. The minimum Gasteiger partial charge on any atom is -0.385 e. The molecule has 3 nitrogen and oxygen atoms in total. The highest BCUT2D eigenvalue weighted by atomic mass is 16.5. The summed E-state index contributed by atoms with van der Waals surface area (Å²) in [5.41, 5.74) is 4.29. The van der Waals surface area contributed by atoms with Gasteiger partial charge in [0.25, 0.3) is 0 Å². The second kappa shape index (κ2) is 5.93. The Morgan fingerprint density at radius 1 is 1.32 bits per heavy atom. The van der Waals surface area contributed by atoms with Crippen LogP contribution in [0.5, 0.6) is 0 Å². The third kappa shape index (κ3) is 2.77. The van der Waals surface area contributed by atoms with E-state index in [1.165, 1.54) is 48.9 Å². The van der Waals surface area contributed by atoms with Gasteiger partial charge in [0.15, 0.2) is 0 Å². The Kier molecular flexibility index (Phi) is 4.04. The predicted molar refractivity (Wildman–Crippen MR) is 78.5 cm³/mol. The Morgan fingerprint density at radius 2 is 2.26 bits per heavy atom. The molecule has 0 radical (unpaired) electrons. The van der Waals surface area contributed by atoms with Crippen LogP contribution in [-0.4, -0.2) is 25.8 Å². The number of methoxy groups -OCH3 is 1. The molecule has 1 heterocycles. The summed E-state index contributed by atoms with van der Waals surface area (Å²) >= 11 is 0. The first-order valence-electron chi connectivity index (χ1n) is 7.49. The molecule has 1 aromatic carbocycles. The first-order valence-corrected chi connectivity index (χ1v) is 7.49. The molecule has 0 bridgehead atoms. The second-order valence-corrected chi connectivity index (χ2v) is 5.67. The molecule has 1 aromatic rings. The molecule has 0 aromatic heterocycles. The van der Waals surface area contributed by atoms with Crippen molar-refractivity contribution in [3.8, 4) is 0 Å². The molecule has 1 fully saturated rings. The van der Waals surface area contributed by atoms with Gasteiger partial charge in [0.1, 0.15) is 0 Å². The van der Waals surface area contributed by atoms with Crippen molar-refractivity contribution in [1.29, 1.82) is 0 Å². The van der Waals surface area contributed by atoms with Gasteiger partial charge in [-0.15, -0.1) is 0 Å². The number of hydrogen-bond acceptors (Lipinski definition) is 3. The highest BCUT2D eigenvalue weighted by molar-refractivity contribution is 5.56. The molecule has 2 atom stereocenters. The van der Waals surface area contributed by atoms with E-state index >= 15 is 0 Å². The number of hydrogen-bond donors (Lipinski definition) is 2. The SMILES string of the molecule is COC1CCCC1NCc1cccc2c1CCCN2. The van der Waals surface area contributed by atoms with Gasteiger partial charge in [-0.3, -0.25) is 0 Å². The molecule has 0 amide bonds. The van der Waals surface area contributed by atoms with Gasteiger partial charge in [-0.25, -0.2) is 0 Å². The van der Waals surface area contributed by atoms with E-state index in [1.54, 1.807) is 0 Å². The van der Waals surface area contributed by atoms with E-state index in [1.807, 2.05) is 7.11 Å². The molecule has 3 rings (SSSR count). The fourth-order valence-electron chi connectivity index (χ4n) is 3.43. The number of anilines is 1. The van der Waals surface area contributed by atoms with Crippen LogP contribution in [0.4, 0.5) is 5.69 Å². The van der Waals surface area contributed by atoms with Crippen molar-refractivity contribution in [3.63, 3.8) is 0 Å². The number of ether oxygens (including phenoxy) is 1. The van der Waals surface area contributed by atoms with Gasteiger partial charge in [-0.1, -0.05) is 12.1 Å². The van der Waals surface area contributed by atoms with Crippen LogP contribution in [-0.2, 0) is 17.7 Å². The number of benzene rings is 1. The molecular weight excluding hydrogens is 236 g/mol. The van der Waals surface area contributed by atoms with Crippen LogP contribution in [0.1, 0.15) is 36.8 Å². The molecule has 0 saturated heterocycles. The highest BCUT2D eigenvalue weighted by Crippen LogP contribution is 2.26. The largest absolute Gasteiger partial charge is 0.385 e. The van der Waals surface area contributed by atoms with Gasteiger partial charge < -0.3 is 15.4 Å². The maximum Gasteiger partial charge on any atom is 0.0724 e. The monoisotopic (exact) mass is 260 g/mol. The van der Waals surface area contributed by atoms with Gasteiger partial charge >= 0.3 is 0 Å². The molecule has 2 aliphatic rings. The van der Waals surface area contributed by atoms with Gasteiger partial charge in [0.2, 0.25) is 0 Å². The van der Waals surface area contributed by atoms with Crippen molar-refractivity contribution in [1.82, 2.24) is 5.32 Å². The van der Waals surface area contributed by atoms with E-state index in [4.69, 9.17) is 4.74 Å². The van der Waals surface area contributed by atoms with Gasteiger partial charge in [0, 0.05) is 31.9 Å². The molecule has 19 heavy (non-hydrogen) atoms. The molecule has 1 aliphatic carbocycles. The topological polar surface area (TPSA) is 33.3 Å². The van der Waals surface area contributed by atoms with E-state index in [0.29, 0.717) is 12.1 Å². The van der Waals surface area contributed by atoms with Crippen molar-refractivity contribution in [2.24, 2.45) is 0 Å². The van der Waals surface area contributed by atoms with E-state index in [-0.39, 0.29) is 0 Å². The Labute approximate surface area is 115 Å². The lowest BCUT2D eigenvalue weighted by molar-refractivity contribution is 0.0847. The molecule has 1 saturated carbocycles. The highest BCUT2D eigenvalue weighted by Gasteiger charge is 2.26. The lowest BCUT2D eigenvalue weighted by Gasteiger charge is -2.24. The molecule has 104 valence electrons. The van der Waals surface area contributed by atoms with Crippen LogP contribution in [0.2, 0.25) is 0 Å². The molecule has 1 aliphatic heterocycles. The van der Waals surface area contributed by atoms with Crippen molar-refractivity contribution < 1.29 is 4.74 Å². The maximum atomic E-state index is 5.55. The van der Waals surface area contributed by atoms with Gasteiger partial charge in [-0.05, 0) is 49.3 Å². The summed E-state index contributed by atoms with van der Waals surface area (Å²) in [7, 11) is 1.83. The minimum absolute atomic E-state index is 0.401. The van der Waals surface area contributed by atoms with Crippen LogP contribution >= 0.6 is 0 Å². The Hall–Kier alpha value is -1.06. The lowest BCUT2D eigenvalue weighted by Crippen LogP contribution is -2.36. The average molecular weight is 260 g/mol. The normalized spacial score (nSPS) is 25.9. The van der Waals surface area contributed by atoms with Crippen molar-refractivity contribution in [2.75, 3.05) is 19.0 Å². The fourth-order valence-corrected chi connectivity index (χ4v) is 3.43. The van der Waals surface area contributed by atoms with Crippen molar-refractivity contribution >= 4 is 5.69 Å². The second-order valence-electron chi connectivity index (χ2n) is 5.67. The van der Waals surface area contributed by atoms with Crippen molar-refractivity contribution in [2.45, 2.75) is 50.8 Å². The average Bonchev–Trinajstić information content (AvgIpc) is 2.92. The molecule has 2 unspecified atom stereocenters. The van der Waals surface area contributed by atoms with Crippen LogP contribution in [0.3, 0.4) is 0 Å². The molecular formula is C16H24N2O. The van der Waals surface area contributed by atoms with Crippen LogP contribution in [0.25, 0.3) is 0 Å². The Bertz CT molecular complexity index is 433. The first-order chi connectivity index (χ1) is 9.38. The maximum absolute atomic E-state index is 5.55. The zero-order valence-electron chi connectivity index (χ0n) is 11.7. The third-order valence-corrected chi connectivity index (χ3v) is 4.50. The Morgan fingerprint density at radius 3 is 3.16 bits per heavy atom. The van der Waals surface area contributed by atoms with Gasteiger partial charge in [-0.2, -0.15) is 0 Å². The van der Waals surface area contributed by atoms with E-state index in [9.17, 15) is 0 Å². The van der Waals surface area contributed by atoms with Crippen LogP contribution < -0.4 is 10.6 Å². The number of nitrogens with one attached hydrogen (secondary N) is 2. The fraction of sp³-hybridized carbons (Fsp3) is 0.625. The van der Waals surface area contributed by atoms with E-state index < -0.39 is 0 Å². The van der Waals surface area contributed by atoms with Crippen LogP contribution in [0.15, 0.2) is 18.2 Å².